The predicted octanol–water partition coefficient (Wildman–Crippen LogP) is 5.68. The minimum Gasteiger partial charge on any atom is -0.486 e. The zero-order valence-corrected chi connectivity index (χ0v) is 15.5. The summed E-state index contributed by atoms with van der Waals surface area (Å²) in [5.74, 6) is 0.672. The third-order valence-electron chi connectivity index (χ3n) is 3.13. The quantitative estimate of drug-likeness (QED) is 0.667. The monoisotopic (exact) mass is 407 g/mol. The third kappa shape index (κ3) is 4.60. The second-order valence-corrected chi connectivity index (χ2v) is 7.43. The Morgan fingerprint density at radius 1 is 1.38 bits per heavy atom. The first kappa shape index (κ1) is 17.1. The number of hydrogen-bond donors (Lipinski definition) is 1. The number of nitrogens with two attached hydrogens (primary N) is 1. The van der Waals surface area contributed by atoms with Crippen LogP contribution in [0.15, 0.2) is 28.1 Å². The second kappa shape index (κ2) is 7.84. The van der Waals surface area contributed by atoms with Crippen molar-refractivity contribution in [3.05, 3.63) is 48.5 Å². The molecule has 2 N–H and O–H groups in total. The molecular formula is C15H16BrCl2NOS. The van der Waals surface area contributed by atoms with E-state index in [2.05, 4.69) is 22.9 Å². The van der Waals surface area contributed by atoms with Crippen LogP contribution in [0.2, 0.25) is 10.0 Å². The van der Waals surface area contributed by atoms with Crippen molar-refractivity contribution in [3.8, 4) is 5.75 Å². The first-order valence-electron chi connectivity index (χ1n) is 6.59. The van der Waals surface area contributed by atoms with Crippen LogP contribution in [0.1, 0.15) is 23.8 Å². The topological polar surface area (TPSA) is 35.2 Å². The Kier molecular flexibility index (Phi) is 6.38. The molecule has 1 heterocycles. The molecule has 0 amide bonds. The van der Waals surface area contributed by atoms with Gasteiger partial charge < -0.3 is 10.5 Å². The minimum absolute atomic E-state index is 0.0651. The highest BCUT2D eigenvalue weighted by atomic mass is 79.9. The lowest BCUT2D eigenvalue weighted by Crippen LogP contribution is -2.21. The van der Waals surface area contributed by atoms with Crippen molar-refractivity contribution < 1.29 is 4.74 Å². The van der Waals surface area contributed by atoms with E-state index in [0.29, 0.717) is 28.8 Å². The van der Waals surface area contributed by atoms with Crippen LogP contribution in [0.3, 0.4) is 0 Å². The van der Waals surface area contributed by atoms with Gasteiger partial charge in [0.1, 0.15) is 12.4 Å². The summed E-state index contributed by atoms with van der Waals surface area (Å²) in [7, 11) is 0. The average molecular weight is 409 g/mol. The van der Waals surface area contributed by atoms with Gasteiger partial charge in [-0.15, -0.1) is 11.3 Å². The molecule has 0 bridgehead atoms. The number of hydrogen-bond acceptors (Lipinski definition) is 3. The summed E-state index contributed by atoms with van der Waals surface area (Å²) < 4.78 is 6.97. The first-order chi connectivity index (χ1) is 10.0. The Balaban J connectivity index is 2.22. The molecule has 2 nitrogen and oxygen atoms in total. The van der Waals surface area contributed by atoms with Crippen molar-refractivity contribution in [1.29, 1.82) is 0 Å². The zero-order chi connectivity index (χ0) is 15.4. The van der Waals surface area contributed by atoms with Crippen LogP contribution >= 0.6 is 50.5 Å². The van der Waals surface area contributed by atoms with E-state index in [1.54, 1.807) is 17.4 Å². The Morgan fingerprint density at radius 3 is 2.76 bits per heavy atom. The van der Waals surface area contributed by atoms with E-state index >= 15 is 0 Å². The second-order valence-electron chi connectivity index (χ2n) is 4.73. The molecule has 0 aliphatic carbocycles. The first-order valence-corrected chi connectivity index (χ1v) is 9.02. The predicted molar refractivity (Wildman–Crippen MR) is 94.8 cm³/mol. The van der Waals surface area contributed by atoms with Gasteiger partial charge in [0.15, 0.2) is 0 Å². The highest BCUT2D eigenvalue weighted by molar-refractivity contribution is 9.10. The number of thiophene rings is 1. The van der Waals surface area contributed by atoms with E-state index in [0.717, 1.165) is 21.3 Å². The van der Waals surface area contributed by atoms with Crippen molar-refractivity contribution in [1.82, 2.24) is 0 Å². The molecule has 2 aromatic rings. The fourth-order valence-electron chi connectivity index (χ4n) is 1.92. The molecule has 0 fully saturated rings. The van der Waals surface area contributed by atoms with Gasteiger partial charge in [0.05, 0.1) is 9.90 Å². The molecule has 0 spiro atoms. The summed E-state index contributed by atoms with van der Waals surface area (Å²) in [6.07, 6.45) is 1.58. The van der Waals surface area contributed by atoms with E-state index in [1.165, 1.54) is 0 Å². The van der Waals surface area contributed by atoms with Gasteiger partial charge >= 0.3 is 0 Å². The van der Waals surface area contributed by atoms with Crippen molar-refractivity contribution in [2.24, 2.45) is 5.73 Å². The molecule has 0 aliphatic rings. The van der Waals surface area contributed by atoms with Gasteiger partial charge in [0.25, 0.3) is 0 Å². The van der Waals surface area contributed by atoms with Crippen LogP contribution in [0, 0.1) is 0 Å². The fraction of sp³-hybridized carbons (Fsp3) is 0.333. The van der Waals surface area contributed by atoms with Gasteiger partial charge in [-0.05, 0) is 57.9 Å². The van der Waals surface area contributed by atoms with Crippen molar-refractivity contribution >= 4 is 50.5 Å². The third-order valence-corrected chi connectivity index (χ3v) is 5.53. The number of benzene rings is 1. The van der Waals surface area contributed by atoms with Gasteiger partial charge in [-0.1, -0.05) is 30.1 Å². The van der Waals surface area contributed by atoms with Gasteiger partial charge in [-0.25, -0.2) is 0 Å². The summed E-state index contributed by atoms with van der Waals surface area (Å²) in [5.41, 5.74) is 6.99. The lowest BCUT2D eigenvalue weighted by atomic mass is 10.0. The average Bonchev–Trinajstić information content (AvgIpc) is 2.83. The molecule has 1 aromatic carbocycles. The van der Waals surface area contributed by atoms with Crippen LogP contribution in [0.25, 0.3) is 0 Å². The molecule has 21 heavy (non-hydrogen) atoms. The van der Waals surface area contributed by atoms with Gasteiger partial charge in [0.2, 0.25) is 0 Å². The van der Waals surface area contributed by atoms with Gasteiger partial charge in [-0.3, -0.25) is 0 Å². The maximum absolute atomic E-state index is 6.28. The fourth-order valence-corrected chi connectivity index (χ4v) is 3.89. The SMILES string of the molecule is CCC(N)Cc1cc(Cl)cc(Cl)c1OCc1sccc1Br. The standard InChI is InChI=1S/C15H16BrCl2NOS/c1-2-11(19)6-9-5-10(17)7-13(18)15(9)20-8-14-12(16)3-4-21-14/h3-5,7,11H,2,6,8,19H2,1H3. The summed E-state index contributed by atoms with van der Waals surface area (Å²) in [6.45, 7) is 2.52. The number of rotatable bonds is 6. The smallest absolute Gasteiger partial charge is 0.141 e. The lowest BCUT2D eigenvalue weighted by Gasteiger charge is -2.16. The minimum atomic E-state index is 0.0651. The van der Waals surface area contributed by atoms with Gasteiger partial charge in [0, 0.05) is 15.5 Å². The number of ether oxygens (including phenoxy) is 1. The molecule has 0 saturated heterocycles. The summed E-state index contributed by atoms with van der Waals surface area (Å²) in [6, 6.07) is 5.64. The lowest BCUT2D eigenvalue weighted by molar-refractivity contribution is 0.305. The summed E-state index contributed by atoms with van der Waals surface area (Å²) in [4.78, 5) is 1.12. The Hall–Kier alpha value is -0.260. The molecule has 1 atom stereocenters. The maximum Gasteiger partial charge on any atom is 0.141 e. The Bertz CT molecular complexity index is 618. The molecule has 0 aliphatic heterocycles. The van der Waals surface area contributed by atoms with Crippen LogP contribution in [-0.4, -0.2) is 6.04 Å². The summed E-state index contributed by atoms with van der Waals surface area (Å²) >= 11 is 17.5. The Labute approximate surface area is 147 Å². The normalized spacial score (nSPS) is 12.4. The van der Waals surface area contributed by atoms with Crippen molar-refractivity contribution in [2.45, 2.75) is 32.4 Å². The molecule has 1 unspecified atom stereocenters. The highest BCUT2D eigenvalue weighted by Gasteiger charge is 2.14. The summed E-state index contributed by atoms with van der Waals surface area (Å²) in [5, 5.41) is 3.14. The number of halogens is 3. The van der Waals surface area contributed by atoms with Crippen LogP contribution in [-0.2, 0) is 13.0 Å². The molecule has 0 radical (unpaired) electrons. The van der Waals surface area contributed by atoms with Crippen LogP contribution in [0.4, 0.5) is 0 Å². The van der Waals surface area contributed by atoms with Crippen LogP contribution in [0.5, 0.6) is 5.75 Å². The Morgan fingerprint density at radius 2 is 2.14 bits per heavy atom. The van der Waals surface area contributed by atoms with E-state index < -0.39 is 0 Å². The van der Waals surface area contributed by atoms with E-state index in [4.69, 9.17) is 33.7 Å². The van der Waals surface area contributed by atoms with Crippen molar-refractivity contribution in [3.63, 3.8) is 0 Å². The van der Waals surface area contributed by atoms with Crippen LogP contribution < -0.4 is 10.5 Å². The molecule has 1 aromatic heterocycles. The molecule has 0 saturated carbocycles. The highest BCUT2D eigenvalue weighted by Crippen LogP contribution is 2.35. The van der Waals surface area contributed by atoms with E-state index in [9.17, 15) is 0 Å². The molecule has 114 valence electrons. The maximum atomic E-state index is 6.28. The van der Waals surface area contributed by atoms with E-state index in [-0.39, 0.29) is 6.04 Å². The van der Waals surface area contributed by atoms with E-state index in [1.807, 2.05) is 17.5 Å². The molecule has 6 heteroatoms. The largest absolute Gasteiger partial charge is 0.486 e. The zero-order valence-electron chi connectivity index (χ0n) is 11.5. The molecular weight excluding hydrogens is 393 g/mol. The van der Waals surface area contributed by atoms with Crippen molar-refractivity contribution in [2.75, 3.05) is 0 Å². The molecule has 2 rings (SSSR count). The van der Waals surface area contributed by atoms with Gasteiger partial charge in [-0.2, -0.15) is 0 Å².